The van der Waals surface area contributed by atoms with Crippen molar-refractivity contribution < 1.29 is 58.9 Å². The number of halogens is 9. The van der Waals surface area contributed by atoms with Crippen LogP contribution in [0.1, 0.15) is 20.8 Å². The van der Waals surface area contributed by atoms with Gasteiger partial charge in [-0.25, -0.2) is 35.9 Å². The van der Waals surface area contributed by atoms with Crippen LogP contribution < -0.4 is 15.1 Å². The minimum absolute atomic E-state index is 0.113. The Hall–Kier alpha value is -3.89. The predicted octanol–water partition coefficient (Wildman–Crippen LogP) is 6.02. The number of nitrogens with one attached hydrogen (secondary N) is 1. The Bertz CT molecular complexity index is 1270. The van der Waals surface area contributed by atoms with Crippen molar-refractivity contribution in [2.75, 3.05) is 62.2 Å². The summed E-state index contributed by atoms with van der Waals surface area (Å²) in [5.74, 6) is -9.37. The van der Waals surface area contributed by atoms with Crippen molar-refractivity contribution in [2.45, 2.75) is 44.4 Å². The first-order chi connectivity index (χ1) is 21.1. The van der Waals surface area contributed by atoms with Crippen LogP contribution in [0.25, 0.3) is 0 Å². The van der Waals surface area contributed by atoms with E-state index in [4.69, 9.17) is 14.6 Å². The van der Waals surface area contributed by atoms with Gasteiger partial charge in [0.15, 0.2) is 0 Å². The average Bonchev–Trinajstić information content (AvgIpc) is 3.20. The lowest BCUT2D eigenvalue weighted by Gasteiger charge is -2.27. The summed E-state index contributed by atoms with van der Waals surface area (Å²) in [5, 5.41) is 9.81. The molecule has 0 saturated carbocycles. The molecule has 8 nitrogen and oxygen atoms in total. The zero-order valence-electron chi connectivity index (χ0n) is 25.2. The number of hydrogen-bond donors (Lipinski definition) is 2. The molecule has 0 aliphatic carbocycles. The molecule has 258 valence electrons. The Labute approximate surface area is 259 Å². The molecule has 2 heterocycles. The molecule has 2 N–H and O–H groups in total. The normalized spacial score (nSPS) is 18.1. The topological polar surface area (TPSA) is 85.4 Å². The first-order valence-corrected chi connectivity index (χ1v) is 13.8. The fourth-order valence-electron chi connectivity index (χ4n) is 4.13. The van der Waals surface area contributed by atoms with Gasteiger partial charge < -0.3 is 29.9 Å². The van der Waals surface area contributed by atoms with Crippen LogP contribution in [0.3, 0.4) is 0 Å². The van der Waals surface area contributed by atoms with E-state index < -0.39 is 54.6 Å². The zero-order chi connectivity index (χ0) is 34.9. The summed E-state index contributed by atoms with van der Waals surface area (Å²) in [6.07, 6.45) is -5.84. The minimum Gasteiger partial charge on any atom is -0.475 e. The number of anilines is 2. The first kappa shape index (κ1) is 38.3. The molecule has 2 aromatic carbocycles. The number of carbonyl (C=O) groups excluding carboxylic acids is 1. The lowest BCUT2D eigenvalue weighted by Crippen LogP contribution is -2.44. The van der Waals surface area contributed by atoms with Gasteiger partial charge in [-0.15, -0.1) is 0 Å². The molecule has 2 saturated heterocycles. The van der Waals surface area contributed by atoms with Crippen molar-refractivity contribution >= 4 is 23.4 Å². The molecule has 0 aromatic heterocycles. The van der Waals surface area contributed by atoms with Crippen LogP contribution in [-0.2, 0) is 9.53 Å². The maximum atomic E-state index is 14.2. The van der Waals surface area contributed by atoms with Gasteiger partial charge in [0.1, 0.15) is 17.2 Å². The van der Waals surface area contributed by atoms with Gasteiger partial charge in [-0.2, -0.15) is 13.2 Å². The molecule has 0 atom stereocenters. The second-order valence-corrected chi connectivity index (χ2v) is 11.4. The number of hydrogen-bond acceptors (Lipinski definition) is 6. The summed E-state index contributed by atoms with van der Waals surface area (Å²) in [6.45, 7) is 4.55. The third-order valence-electron chi connectivity index (χ3n) is 6.13. The van der Waals surface area contributed by atoms with Crippen molar-refractivity contribution in [3.8, 4) is 0 Å². The number of alkyl halides is 7. The Balaban J connectivity index is 0.000000276. The van der Waals surface area contributed by atoms with Gasteiger partial charge in [0.25, 0.3) is 11.8 Å². The maximum absolute atomic E-state index is 14.2. The monoisotopic (exact) mass is 674 g/mol. The molecule has 1 amide bonds. The quantitative estimate of drug-likeness (QED) is 0.377. The number of carboxylic acids is 1. The van der Waals surface area contributed by atoms with Crippen molar-refractivity contribution in [1.82, 2.24) is 10.2 Å². The highest BCUT2D eigenvalue weighted by molar-refractivity contribution is 5.73. The van der Waals surface area contributed by atoms with Gasteiger partial charge in [0, 0.05) is 37.6 Å². The fraction of sp³-hybridized carbons (Fsp3) is 0.517. The van der Waals surface area contributed by atoms with Gasteiger partial charge in [0.2, 0.25) is 0 Å². The Morgan fingerprint density at radius 2 is 1.20 bits per heavy atom. The number of benzene rings is 2. The largest absolute Gasteiger partial charge is 0.490 e. The molecular weight excluding hydrogens is 639 g/mol. The summed E-state index contributed by atoms with van der Waals surface area (Å²) >= 11 is 0. The number of amides is 1. The van der Waals surface area contributed by atoms with Crippen molar-refractivity contribution in [1.29, 1.82) is 0 Å². The predicted molar refractivity (Wildman–Crippen MR) is 151 cm³/mol. The van der Waals surface area contributed by atoms with Gasteiger partial charge >= 0.3 is 18.2 Å². The number of ether oxygens (including phenoxy) is 1. The van der Waals surface area contributed by atoms with E-state index in [1.54, 1.807) is 25.7 Å². The van der Waals surface area contributed by atoms with E-state index in [0.717, 1.165) is 4.90 Å². The SMILES string of the molecule is CC(C)(C)OC(=O)N1CCN(c2ccc(F)cc2)CC(F)(F)C1.Fc1ccc(N2CCNCC(F)(F)C2)cc1.O=C(O)C(F)(F)F. The maximum Gasteiger partial charge on any atom is 0.490 e. The molecule has 0 radical (unpaired) electrons. The molecule has 46 heavy (non-hydrogen) atoms. The smallest absolute Gasteiger partial charge is 0.475 e. The van der Waals surface area contributed by atoms with Gasteiger partial charge in [-0.1, -0.05) is 0 Å². The van der Waals surface area contributed by atoms with E-state index in [2.05, 4.69) is 5.32 Å². The highest BCUT2D eigenvalue weighted by atomic mass is 19.4. The summed E-state index contributed by atoms with van der Waals surface area (Å²) in [4.78, 5) is 25.0. The highest BCUT2D eigenvalue weighted by Crippen LogP contribution is 2.26. The summed E-state index contributed by atoms with van der Waals surface area (Å²) in [7, 11) is 0. The number of aliphatic carboxylic acids is 1. The van der Waals surface area contributed by atoms with Crippen LogP contribution in [0, 0.1) is 11.6 Å². The number of carbonyl (C=O) groups is 2. The van der Waals surface area contributed by atoms with E-state index in [1.807, 2.05) is 0 Å². The lowest BCUT2D eigenvalue weighted by molar-refractivity contribution is -0.192. The van der Waals surface area contributed by atoms with E-state index in [1.165, 1.54) is 53.4 Å². The first-order valence-electron chi connectivity index (χ1n) is 13.8. The fourth-order valence-corrected chi connectivity index (χ4v) is 4.13. The van der Waals surface area contributed by atoms with Crippen LogP contribution in [0.4, 0.5) is 55.7 Å². The van der Waals surface area contributed by atoms with E-state index >= 15 is 0 Å². The molecule has 2 fully saturated rings. The molecule has 0 spiro atoms. The molecule has 4 rings (SSSR count). The molecule has 2 aliphatic rings. The molecule has 17 heteroatoms. The molecule has 0 bridgehead atoms. The molecule has 2 aliphatic heterocycles. The lowest BCUT2D eigenvalue weighted by atomic mass is 10.2. The van der Waals surface area contributed by atoms with Gasteiger partial charge in [-0.05, 0) is 69.3 Å². The highest BCUT2D eigenvalue weighted by Gasteiger charge is 2.40. The van der Waals surface area contributed by atoms with E-state index in [9.17, 15) is 44.3 Å². The van der Waals surface area contributed by atoms with Crippen LogP contribution in [0.15, 0.2) is 48.5 Å². The Morgan fingerprint density at radius 3 is 1.63 bits per heavy atom. The minimum atomic E-state index is -5.08. The third kappa shape index (κ3) is 13.6. The molecular formula is C29H35F9N4O4. The van der Waals surface area contributed by atoms with E-state index in [-0.39, 0.29) is 32.0 Å². The standard InChI is InChI=1S/C16H21F3N2O2.C11H13F3N2.C2HF3O2/c1-15(2,3)23-14(22)21-9-8-20(10-16(18,19)11-21)13-6-4-12(17)5-7-13;12-9-1-3-10(4-2-9)16-6-5-15-7-11(13,14)8-16;3-2(4,5)1(6)7/h4-7H,8-11H2,1-3H3;1-4,15H,5-8H2;(H,6,7). The van der Waals surface area contributed by atoms with Crippen LogP contribution in [-0.4, -0.2) is 98.0 Å². The van der Waals surface area contributed by atoms with Crippen LogP contribution >= 0.6 is 0 Å². The second kappa shape index (κ2) is 15.6. The van der Waals surface area contributed by atoms with Crippen LogP contribution in [0.2, 0.25) is 0 Å². The van der Waals surface area contributed by atoms with Crippen molar-refractivity contribution in [3.63, 3.8) is 0 Å². The van der Waals surface area contributed by atoms with Crippen molar-refractivity contribution in [3.05, 3.63) is 60.2 Å². The summed E-state index contributed by atoms with van der Waals surface area (Å²) in [5.41, 5.74) is 0.386. The number of carboxylic acid groups (broad SMARTS) is 1. The summed E-state index contributed by atoms with van der Waals surface area (Å²) < 4.78 is 118. The third-order valence-corrected chi connectivity index (χ3v) is 6.13. The van der Waals surface area contributed by atoms with Gasteiger partial charge in [-0.3, -0.25) is 0 Å². The Kier molecular flexibility index (Phi) is 13.0. The average molecular weight is 675 g/mol. The van der Waals surface area contributed by atoms with E-state index in [0.29, 0.717) is 24.5 Å². The second-order valence-electron chi connectivity index (χ2n) is 11.4. The molecule has 2 aromatic rings. The number of nitrogens with zero attached hydrogens (tertiary/aromatic N) is 3. The van der Waals surface area contributed by atoms with Gasteiger partial charge in [0.05, 0.1) is 26.2 Å². The summed E-state index contributed by atoms with van der Waals surface area (Å²) in [6, 6.07) is 11.0. The molecule has 0 unspecified atom stereocenters. The Morgan fingerprint density at radius 1 is 0.761 bits per heavy atom. The zero-order valence-corrected chi connectivity index (χ0v) is 25.2. The van der Waals surface area contributed by atoms with Crippen molar-refractivity contribution in [2.24, 2.45) is 0 Å². The number of rotatable bonds is 2. The van der Waals surface area contributed by atoms with Crippen LogP contribution in [0.5, 0.6) is 0 Å².